The lowest BCUT2D eigenvalue weighted by Crippen LogP contribution is -2.18. The van der Waals surface area contributed by atoms with Crippen LogP contribution in [0.4, 0.5) is 0 Å². The minimum atomic E-state index is -0.370. The fraction of sp³-hybridized carbons (Fsp3) is 0.0857. The van der Waals surface area contributed by atoms with Gasteiger partial charge in [0.25, 0.3) is 0 Å². The van der Waals surface area contributed by atoms with Crippen LogP contribution in [0.1, 0.15) is 49.9 Å². The molecule has 12 aromatic rings. The SMILES string of the molecule is CC1(C)c2ccc3ccccc3c2-c2nc(-c3cc(-c4ccccc4)cc(-c4ccc(-c5nc(-c6ccc(-c7ccccc7)cc6)nc6c5C(C)(C)c5c-6ccc6ccccc56)cc4)c3)nc(-c3ccccc3)c21. The molecule has 2 aliphatic rings. The number of rotatable bonds is 7. The Morgan fingerprint density at radius 2 is 0.676 bits per heavy atom. The van der Waals surface area contributed by atoms with Gasteiger partial charge in [-0.25, -0.2) is 19.9 Å². The lowest BCUT2D eigenvalue weighted by atomic mass is 9.78. The molecule has 10 aromatic carbocycles. The van der Waals surface area contributed by atoms with Crippen molar-refractivity contribution in [1.29, 1.82) is 0 Å². The van der Waals surface area contributed by atoms with Gasteiger partial charge in [-0.15, -0.1) is 0 Å². The first-order valence-corrected chi connectivity index (χ1v) is 25.6. The van der Waals surface area contributed by atoms with E-state index < -0.39 is 0 Å². The molecule has 0 fully saturated rings. The Hall–Kier alpha value is -9.12. The van der Waals surface area contributed by atoms with E-state index in [-0.39, 0.29) is 10.8 Å². The van der Waals surface area contributed by atoms with E-state index in [1.807, 2.05) is 0 Å². The number of fused-ring (bicyclic) bond motifs is 10. The molecule has 0 saturated carbocycles. The normalized spacial score (nSPS) is 13.6. The highest BCUT2D eigenvalue weighted by Crippen LogP contribution is 2.55. The fourth-order valence-electron chi connectivity index (χ4n) is 12.2. The smallest absolute Gasteiger partial charge is 0.160 e. The zero-order valence-corrected chi connectivity index (χ0v) is 41.7. The third kappa shape index (κ3) is 6.89. The molecule has 2 aliphatic carbocycles. The van der Waals surface area contributed by atoms with Gasteiger partial charge in [0.1, 0.15) is 0 Å². The predicted octanol–water partition coefficient (Wildman–Crippen LogP) is 17.9. The van der Waals surface area contributed by atoms with E-state index in [2.05, 4.69) is 258 Å². The standard InChI is InChI=1S/C70H50N4/c1-69(2)58-39-37-47-22-14-16-26-55(47)59(58)66-62(69)63(49-24-12-7-13-25-49)72-68(74-66)54-41-52(44-20-10-6-11-21-44)40-53(42-54)46-28-32-50(33-29-46)64-61-65(57-38-36-48-23-15-17-27-56(48)60(57)70(61,3)4)73-67(71-64)51-34-30-45(31-35-51)43-18-8-5-9-19-43/h5-42H,1-4H3. The molecule has 0 atom stereocenters. The first-order valence-electron chi connectivity index (χ1n) is 25.6. The monoisotopic (exact) mass is 946 g/mol. The topological polar surface area (TPSA) is 51.6 Å². The third-order valence-electron chi connectivity index (χ3n) is 15.8. The summed E-state index contributed by atoms with van der Waals surface area (Å²) >= 11 is 0. The van der Waals surface area contributed by atoms with Gasteiger partial charge >= 0.3 is 0 Å². The van der Waals surface area contributed by atoms with Crippen LogP contribution < -0.4 is 0 Å². The molecule has 0 aliphatic heterocycles. The number of hydrogen-bond donors (Lipinski definition) is 0. The molecule has 14 rings (SSSR count). The summed E-state index contributed by atoms with van der Waals surface area (Å²) in [4.78, 5) is 22.2. The van der Waals surface area contributed by atoms with E-state index >= 15 is 0 Å². The maximum atomic E-state index is 5.63. The van der Waals surface area contributed by atoms with Crippen molar-refractivity contribution in [2.45, 2.75) is 38.5 Å². The molecule has 74 heavy (non-hydrogen) atoms. The molecule has 4 heteroatoms. The van der Waals surface area contributed by atoms with Gasteiger partial charge in [0.05, 0.1) is 22.8 Å². The summed E-state index contributed by atoms with van der Waals surface area (Å²) in [5.74, 6) is 1.41. The van der Waals surface area contributed by atoms with Crippen molar-refractivity contribution in [2.75, 3.05) is 0 Å². The van der Waals surface area contributed by atoms with Crippen LogP contribution in [0.25, 0.3) is 123 Å². The Morgan fingerprint density at radius 1 is 0.270 bits per heavy atom. The molecule has 0 unspecified atom stereocenters. The molecule has 0 saturated heterocycles. The van der Waals surface area contributed by atoms with E-state index in [4.69, 9.17) is 19.9 Å². The maximum absolute atomic E-state index is 5.63. The van der Waals surface area contributed by atoms with Gasteiger partial charge in [0, 0.05) is 55.3 Å². The minimum Gasteiger partial charge on any atom is -0.228 e. The summed E-state index contributed by atoms with van der Waals surface area (Å²) < 4.78 is 0. The van der Waals surface area contributed by atoms with Gasteiger partial charge in [0.2, 0.25) is 0 Å². The molecule has 0 radical (unpaired) electrons. The van der Waals surface area contributed by atoms with Crippen molar-refractivity contribution in [1.82, 2.24) is 19.9 Å². The number of nitrogens with zero attached hydrogens (tertiary/aromatic N) is 4. The zero-order valence-electron chi connectivity index (χ0n) is 41.7. The third-order valence-corrected chi connectivity index (χ3v) is 15.8. The van der Waals surface area contributed by atoms with Crippen LogP contribution in [0.3, 0.4) is 0 Å². The Kier molecular flexibility index (Phi) is 9.87. The Balaban J connectivity index is 0.934. The molecule has 350 valence electrons. The Labute approximate surface area is 431 Å². The second kappa shape index (κ2) is 16.7. The maximum Gasteiger partial charge on any atom is 0.160 e. The molecular weight excluding hydrogens is 897 g/mol. The van der Waals surface area contributed by atoms with Crippen molar-refractivity contribution >= 4 is 21.5 Å². The highest BCUT2D eigenvalue weighted by molar-refractivity contribution is 6.03. The average molecular weight is 947 g/mol. The predicted molar refractivity (Wildman–Crippen MR) is 306 cm³/mol. The Bertz CT molecular complexity index is 4200. The van der Waals surface area contributed by atoms with E-state index in [9.17, 15) is 0 Å². The summed E-state index contributed by atoms with van der Waals surface area (Å²) in [5, 5.41) is 4.89. The molecule has 0 bridgehead atoms. The lowest BCUT2D eigenvalue weighted by molar-refractivity contribution is 0.658. The highest BCUT2D eigenvalue weighted by Gasteiger charge is 2.43. The van der Waals surface area contributed by atoms with Gasteiger partial charge in [-0.05, 0) is 84.3 Å². The summed E-state index contributed by atoms with van der Waals surface area (Å²) in [6.45, 7) is 9.31. The number of aromatic nitrogens is 4. The van der Waals surface area contributed by atoms with Gasteiger partial charge in [0.15, 0.2) is 11.6 Å². The highest BCUT2D eigenvalue weighted by atomic mass is 14.9. The molecule has 4 nitrogen and oxygen atoms in total. The lowest BCUT2D eigenvalue weighted by Gasteiger charge is -2.25. The summed E-state index contributed by atoms with van der Waals surface area (Å²) in [7, 11) is 0. The largest absolute Gasteiger partial charge is 0.228 e. The number of benzene rings is 10. The van der Waals surface area contributed by atoms with Crippen LogP contribution in [-0.2, 0) is 10.8 Å². The van der Waals surface area contributed by atoms with Crippen molar-refractivity contribution < 1.29 is 0 Å². The van der Waals surface area contributed by atoms with Crippen LogP contribution in [0.5, 0.6) is 0 Å². The van der Waals surface area contributed by atoms with Crippen LogP contribution in [-0.4, -0.2) is 19.9 Å². The van der Waals surface area contributed by atoms with Crippen LogP contribution >= 0.6 is 0 Å². The van der Waals surface area contributed by atoms with Gasteiger partial charge in [-0.2, -0.15) is 0 Å². The molecule has 0 N–H and O–H groups in total. The average Bonchev–Trinajstić information content (AvgIpc) is 3.95. The Morgan fingerprint density at radius 3 is 1.31 bits per heavy atom. The van der Waals surface area contributed by atoms with Crippen molar-refractivity contribution in [3.05, 3.63) is 253 Å². The minimum absolute atomic E-state index is 0.319. The van der Waals surface area contributed by atoms with Crippen molar-refractivity contribution in [3.8, 4) is 101 Å². The van der Waals surface area contributed by atoms with Crippen molar-refractivity contribution in [3.63, 3.8) is 0 Å². The molecule has 0 amide bonds. The summed E-state index contributed by atoms with van der Waals surface area (Å²) in [6, 6.07) is 82.8. The second-order valence-electron chi connectivity index (χ2n) is 21.0. The van der Waals surface area contributed by atoms with Crippen LogP contribution in [0.2, 0.25) is 0 Å². The first kappa shape index (κ1) is 43.7. The summed E-state index contributed by atoms with van der Waals surface area (Å²) in [6.07, 6.45) is 0. The van der Waals surface area contributed by atoms with Crippen molar-refractivity contribution in [2.24, 2.45) is 0 Å². The second-order valence-corrected chi connectivity index (χ2v) is 21.0. The zero-order chi connectivity index (χ0) is 49.7. The molecule has 2 aromatic heterocycles. The van der Waals surface area contributed by atoms with E-state index in [1.54, 1.807) is 0 Å². The quantitative estimate of drug-likeness (QED) is 0.160. The van der Waals surface area contributed by atoms with E-state index in [0.717, 1.165) is 84.0 Å². The molecule has 2 heterocycles. The van der Waals surface area contributed by atoms with Gasteiger partial charge in [-0.3, -0.25) is 0 Å². The van der Waals surface area contributed by atoms with E-state index in [0.29, 0.717) is 11.6 Å². The number of hydrogen-bond acceptors (Lipinski definition) is 4. The van der Waals surface area contributed by atoms with Gasteiger partial charge in [-0.1, -0.05) is 240 Å². The first-order chi connectivity index (χ1) is 36.2. The van der Waals surface area contributed by atoms with Crippen LogP contribution in [0.15, 0.2) is 231 Å². The molecular formula is C70H50N4. The van der Waals surface area contributed by atoms with E-state index in [1.165, 1.54) is 49.4 Å². The van der Waals surface area contributed by atoms with Gasteiger partial charge < -0.3 is 0 Å². The fourth-order valence-corrected chi connectivity index (χ4v) is 12.2. The van der Waals surface area contributed by atoms with Crippen LogP contribution in [0, 0.1) is 0 Å². The summed E-state index contributed by atoms with van der Waals surface area (Å²) in [5.41, 5.74) is 21.3. The molecule has 0 spiro atoms.